The van der Waals surface area contributed by atoms with E-state index in [-0.39, 0.29) is 11.4 Å². The summed E-state index contributed by atoms with van der Waals surface area (Å²) in [4.78, 5) is 20.5. The van der Waals surface area contributed by atoms with Crippen LogP contribution >= 0.6 is 11.8 Å². The molecule has 3 atom stereocenters. The van der Waals surface area contributed by atoms with Gasteiger partial charge in [0.05, 0.1) is 4.92 Å². The molecule has 0 aromatic heterocycles. The molecule has 0 spiro atoms. The van der Waals surface area contributed by atoms with Crippen LogP contribution in [-0.2, 0) is 0 Å². The number of nitrogens with zero attached hydrogens (tertiary/aromatic N) is 2. The van der Waals surface area contributed by atoms with E-state index in [9.17, 15) is 25.3 Å². The van der Waals surface area contributed by atoms with Gasteiger partial charge in [0.15, 0.2) is 0 Å². The Bertz CT molecular complexity index is 495. The van der Waals surface area contributed by atoms with Crippen LogP contribution in [0.3, 0.4) is 0 Å². The van der Waals surface area contributed by atoms with Crippen LogP contribution in [-0.4, -0.2) is 32.9 Å². The molecule has 18 heavy (non-hydrogen) atoms. The maximum atomic E-state index is 10.9. The lowest BCUT2D eigenvalue weighted by molar-refractivity contribution is -0.531. The smallest absolute Gasteiger partial charge is 0.269 e. The van der Waals surface area contributed by atoms with E-state index in [0.29, 0.717) is 5.56 Å². The van der Waals surface area contributed by atoms with E-state index in [1.54, 1.807) is 6.07 Å². The van der Waals surface area contributed by atoms with Gasteiger partial charge < -0.3 is 5.11 Å². The minimum Gasteiger partial charge on any atom is -0.385 e. The average Bonchev–Trinajstić information content (AvgIpc) is 2.71. The number of non-ortho nitro benzene ring substituents is 1. The zero-order valence-corrected chi connectivity index (χ0v) is 9.95. The fourth-order valence-corrected chi connectivity index (χ4v) is 3.38. The van der Waals surface area contributed by atoms with Crippen LogP contribution in [0.4, 0.5) is 5.69 Å². The van der Waals surface area contributed by atoms with E-state index in [1.165, 1.54) is 30.0 Å². The Hall–Kier alpha value is -1.67. The number of aliphatic hydroxyl groups is 1. The Morgan fingerprint density at radius 2 is 2.06 bits per heavy atom. The fourth-order valence-electron chi connectivity index (χ4n) is 1.96. The maximum absolute atomic E-state index is 10.9. The third-order valence-corrected chi connectivity index (χ3v) is 4.25. The van der Waals surface area contributed by atoms with E-state index in [0.717, 1.165) is 0 Å². The van der Waals surface area contributed by atoms with Gasteiger partial charge in [-0.05, 0) is 5.56 Å². The van der Waals surface area contributed by atoms with Gasteiger partial charge in [0.2, 0.25) is 0 Å². The van der Waals surface area contributed by atoms with E-state index in [4.69, 9.17) is 0 Å². The van der Waals surface area contributed by atoms with Crippen LogP contribution < -0.4 is 0 Å². The highest BCUT2D eigenvalue weighted by molar-refractivity contribution is 7.99. The molecule has 0 amide bonds. The molecular formula is C10H10N2O5S. The predicted molar refractivity (Wildman–Crippen MR) is 65.1 cm³/mol. The molecular weight excluding hydrogens is 260 g/mol. The van der Waals surface area contributed by atoms with Crippen molar-refractivity contribution >= 4 is 17.4 Å². The minimum atomic E-state index is -1.11. The Morgan fingerprint density at radius 3 is 2.67 bits per heavy atom. The second-order valence-corrected chi connectivity index (χ2v) is 5.12. The number of benzene rings is 1. The van der Waals surface area contributed by atoms with Gasteiger partial charge >= 0.3 is 0 Å². The summed E-state index contributed by atoms with van der Waals surface area (Å²) in [6.45, 7) is 0. The summed E-state index contributed by atoms with van der Waals surface area (Å²) in [5.74, 6) is 0.263. The van der Waals surface area contributed by atoms with Crippen molar-refractivity contribution in [3.8, 4) is 0 Å². The first-order valence-corrected chi connectivity index (χ1v) is 6.23. The number of rotatable bonds is 3. The minimum absolute atomic E-state index is 0.100. The van der Waals surface area contributed by atoms with Crippen LogP contribution in [0.15, 0.2) is 24.3 Å². The molecule has 1 heterocycles. The van der Waals surface area contributed by atoms with Gasteiger partial charge in [-0.1, -0.05) is 12.1 Å². The number of hydrogen-bond donors (Lipinski definition) is 1. The average molecular weight is 270 g/mol. The summed E-state index contributed by atoms with van der Waals surface area (Å²) >= 11 is 1.25. The van der Waals surface area contributed by atoms with Crippen LogP contribution in [0.1, 0.15) is 10.8 Å². The number of nitro benzene ring substituents is 1. The summed E-state index contributed by atoms with van der Waals surface area (Å²) in [6, 6.07) is 4.65. The molecule has 0 unspecified atom stereocenters. The molecule has 1 aliphatic heterocycles. The lowest BCUT2D eigenvalue weighted by atomic mass is 10.0. The molecule has 1 aliphatic rings. The third-order valence-electron chi connectivity index (χ3n) is 2.80. The normalized spacial score (nSPS) is 27.1. The van der Waals surface area contributed by atoms with Gasteiger partial charge in [0.1, 0.15) is 11.4 Å². The standard InChI is InChI=1S/C10H10N2O5S/c13-8-5-18-10(9(8)12(16)17)6-2-1-3-7(4-6)11(14)15/h1-4,8-10,13H,5H2/t8-,9-,10+/m1/s1. The highest BCUT2D eigenvalue weighted by atomic mass is 32.2. The largest absolute Gasteiger partial charge is 0.385 e. The highest BCUT2D eigenvalue weighted by Crippen LogP contribution is 2.42. The summed E-state index contributed by atoms with van der Waals surface area (Å²) in [5, 5.41) is 30.6. The van der Waals surface area contributed by atoms with Crippen LogP contribution in [0.5, 0.6) is 0 Å². The lowest BCUT2D eigenvalue weighted by Gasteiger charge is -2.13. The van der Waals surface area contributed by atoms with E-state index in [1.807, 2.05) is 0 Å². The number of hydrogen-bond acceptors (Lipinski definition) is 6. The van der Waals surface area contributed by atoms with Gasteiger partial charge in [0.25, 0.3) is 11.7 Å². The van der Waals surface area contributed by atoms with Gasteiger partial charge in [-0.15, -0.1) is 11.8 Å². The molecule has 96 valence electrons. The molecule has 0 saturated carbocycles. The summed E-state index contributed by atoms with van der Waals surface area (Å²) in [6.07, 6.45) is -1.02. The molecule has 0 radical (unpaired) electrons. The first kappa shape index (κ1) is 12.8. The van der Waals surface area contributed by atoms with Crippen molar-refractivity contribution in [2.75, 3.05) is 5.75 Å². The van der Waals surface area contributed by atoms with Crippen molar-refractivity contribution in [3.63, 3.8) is 0 Å². The van der Waals surface area contributed by atoms with Crippen LogP contribution in [0.2, 0.25) is 0 Å². The lowest BCUT2D eigenvalue weighted by Crippen LogP contribution is -2.33. The summed E-state index contributed by atoms with van der Waals surface area (Å²) in [5.41, 5.74) is 0.407. The third kappa shape index (κ3) is 2.29. The van der Waals surface area contributed by atoms with Crippen LogP contribution in [0, 0.1) is 20.2 Å². The number of aliphatic hydroxyl groups excluding tert-OH is 1. The zero-order valence-electron chi connectivity index (χ0n) is 9.13. The Balaban J connectivity index is 2.33. The SMILES string of the molecule is O=[N+]([O-])c1cccc([C@@H]2SC[C@@H](O)[C@H]2[N+](=O)[O-])c1. The first-order chi connectivity index (χ1) is 8.50. The highest BCUT2D eigenvalue weighted by Gasteiger charge is 2.45. The van der Waals surface area contributed by atoms with Crippen molar-refractivity contribution in [3.05, 3.63) is 50.1 Å². The second-order valence-electron chi connectivity index (χ2n) is 3.95. The number of thioether (sulfide) groups is 1. The van der Waals surface area contributed by atoms with Crippen molar-refractivity contribution in [2.45, 2.75) is 17.4 Å². The molecule has 8 heteroatoms. The monoisotopic (exact) mass is 270 g/mol. The van der Waals surface area contributed by atoms with Crippen LogP contribution in [0.25, 0.3) is 0 Å². The fraction of sp³-hybridized carbons (Fsp3) is 0.400. The van der Waals surface area contributed by atoms with Gasteiger partial charge in [-0.25, -0.2) is 0 Å². The molecule has 7 nitrogen and oxygen atoms in total. The molecule has 0 aliphatic carbocycles. The molecule has 0 bridgehead atoms. The first-order valence-electron chi connectivity index (χ1n) is 5.18. The van der Waals surface area contributed by atoms with Crippen molar-refractivity contribution in [1.82, 2.24) is 0 Å². The molecule has 1 fully saturated rings. The second kappa shape index (κ2) is 4.91. The van der Waals surface area contributed by atoms with Crippen molar-refractivity contribution < 1.29 is 15.0 Å². The zero-order chi connectivity index (χ0) is 13.3. The van der Waals surface area contributed by atoms with Gasteiger partial charge in [-0.3, -0.25) is 20.2 Å². The number of nitro groups is 2. The Morgan fingerprint density at radius 1 is 1.33 bits per heavy atom. The van der Waals surface area contributed by atoms with Crippen molar-refractivity contribution in [1.29, 1.82) is 0 Å². The Kier molecular flexibility index (Phi) is 3.48. The van der Waals surface area contributed by atoms with E-state index in [2.05, 4.69) is 0 Å². The predicted octanol–water partition coefficient (Wildman–Crippen LogP) is 1.39. The summed E-state index contributed by atoms with van der Waals surface area (Å²) < 4.78 is 0. The maximum Gasteiger partial charge on any atom is 0.269 e. The molecule has 1 aromatic carbocycles. The molecule has 1 aromatic rings. The molecule has 1 N–H and O–H groups in total. The Labute approximate surface area is 106 Å². The van der Waals surface area contributed by atoms with Crippen molar-refractivity contribution in [2.24, 2.45) is 0 Å². The summed E-state index contributed by atoms with van der Waals surface area (Å²) in [7, 11) is 0. The molecule has 1 saturated heterocycles. The van der Waals surface area contributed by atoms with Gasteiger partial charge in [0, 0.05) is 22.8 Å². The quantitative estimate of drug-likeness (QED) is 0.657. The topological polar surface area (TPSA) is 107 Å². The van der Waals surface area contributed by atoms with E-state index >= 15 is 0 Å². The van der Waals surface area contributed by atoms with Gasteiger partial charge in [-0.2, -0.15) is 0 Å². The molecule has 2 rings (SSSR count). The van der Waals surface area contributed by atoms with E-state index < -0.39 is 27.2 Å².